The summed E-state index contributed by atoms with van der Waals surface area (Å²) in [6, 6.07) is 0. The highest BCUT2D eigenvalue weighted by molar-refractivity contribution is 14.0. The first-order valence-electron chi connectivity index (χ1n) is 16.9. The fourth-order valence-electron chi connectivity index (χ4n) is 4.33. The smallest absolute Gasteiger partial charge is 0.330 e. The van der Waals surface area contributed by atoms with Crippen molar-refractivity contribution in [1.82, 2.24) is 9.80 Å². The van der Waals surface area contributed by atoms with E-state index in [-0.39, 0.29) is 24.0 Å². The van der Waals surface area contributed by atoms with E-state index in [9.17, 15) is 4.79 Å². The number of carboxylic acid groups (broad SMARTS) is 1. The number of halogens is 1. The summed E-state index contributed by atoms with van der Waals surface area (Å²) >= 11 is 0. The van der Waals surface area contributed by atoms with Gasteiger partial charge in [-0.2, -0.15) is 0 Å². The highest BCUT2D eigenvalue weighted by atomic mass is 127. The van der Waals surface area contributed by atoms with Gasteiger partial charge in [-0.15, -0.1) is 24.0 Å². The molecule has 0 fully saturated rings. The van der Waals surface area contributed by atoms with Crippen LogP contribution in [-0.4, -0.2) is 62.2 Å². The first kappa shape index (κ1) is 46.8. The summed E-state index contributed by atoms with van der Waals surface area (Å²) in [5, 5.41) is 8.31. The summed E-state index contributed by atoms with van der Waals surface area (Å²) in [4.78, 5) is 14.7. The molecule has 0 unspecified atom stereocenters. The highest BCUT2D eigenvalue weighted by Crippen LogP contribution is 2.11. The minimum absolute atomic E-state index is 0. The minimum Gasteiger partial charge on any atom is -0.478 e. The first-order chi connectivity index (χ1) is 18.7. The van der Waals surface area contributed by atoms with Gasteiger partial charge in [0.25, 0.3) is 0 Å². The van der Waals surface area contributed by atoms with E-state index < -0.39 is 5.97 Å². The Morgan fingerprint density at radius 3 is 0.975 bits per heavy atom. The Kier molecular flexibility index (Phi) is 48.0. The lowest BCUT2D eigenvalue weighted by atomic mass is 10.1. The third kappa shape index (κ3) is 50.7. The standard InChI is InChI=1S/2C14H31N.C7H12O2.HI/c2*1-4-5-6-7-8-9-10-11-12-13-14-15(2)3;1-3-4-5-6(2)7(8)9;/h2*4-14H2,1-3H3;2-5H2,1H3,(H,8,9);1H. The van der Waals surface area contributed by atoms with Gasteiger partial charge in [-0.3, -0.25) is 0 Å². The lowest BCUT2D eigenvalue weighted by Gasteiger charge is -2.08. The summed E-state index contributed by atoms with van der Waals surface area (Å²) in [5.74, 6) is -0.872. The van der Waals surface area contributed by atoms with Crippen molar-refractivity contribution in [3.63, 3.8) is 0 Å². The molecule has 40 heavy (non-hydrogen) atoms. The van der Waals surface area contributed by atoms with E-state index in [4.69, 9.17) is 5.11 Å². The van der Waals surface area contributed by atoms with Crippen LogP contribution in [0.3, 0.4) is 0 Å². The quantitative estimate of drug-likeness (QED) is 0.0560. The molecule has 0 rings (SSSR count). The normalized spacial score (nSPS) is 10.4. The number of carboxylic acids is 1. The molecule has 0 aromatic heterocycles. The molecule has 0 aliphatic carbocycles. The Bertz CT molecular complexity index is 456. The second kappa shape index (κ2) is 41.0. The molecule has 0 bridgehead atoms. The zero-order valence-electron chi connectivity index (χ0n) is 28.5. The number of nitrogens with zero attached hydrogens (tertiary/aromatic N) is 2. The van der Waals surface area contributed by atoms with Crippen LogP contribution in [0.4, 0.5) is 0 Å². The zero-order chi connectivity index (χ0) is 30.0. The van der Waals surface area contributed by atoms with Crippen molar-refractivity contribution in [2.75, 3.05) is 41.3 Å². The predicted molar refractivity (Wildman–Crippen MR) is 193 cm³/mol. The van der Waals surface area contributed by atoms with Crippen molar-refractivity contribution in [2.45, 2.75) is 168 Å². The number of aliphatic carboxylic acids is 1. The number of carbonyl (C=O) groups is 1. The molecule has 0 aliphatic heterocycles. The molecular formula is C35H75IN2O2. The van der Waals surface area contributed by atoms with E-state index in [1.807, 2.05) is 6.92 Å². The van der Waals surface area contributed by atoms with Gasteiger partial charge in [-0.1, -0.05) is 149 Å². The molecule has 0 spiro atoms. The highest BCUT2D eigenvalue weighted by Gasteiger charge is 2.00. The van der Waals surface area contributed by atoms with Gasteiger partial charge in [0, 0.05) is 5.57 Å². The molecular weight excluding hydrogens is 607 g/mol. The van der Waals surface area contributed by atoms with Crippen LogP contribution in [0.25, 0.3) is 0 Å². The van der Waals surface area contributed by atoms with Crippen LogP contribution in [0.2, 0.25) is 0 Å². The van der Waals surface area contributed by atoms with Crippen LogP contribution in [0.1, 0.15) is 168 Å². The minimum atomic E-state index is -0.872. The maximum atomic E-state index is 10.1. The van der Waals surface area contributed by atoms with Gasteiger partial charge >= 0.3 is 5.97 Å². The average molecular weight is 683 g/mol. The van der Waals surface area contributed by atoms with Crippen LogP contribution < -0.4 is 0 Å². The van der Waals surface area contributed by atoms with Gasteiger partial charge in [0.15, 0.2) is 0 Å². The Hall–Kier alpha value is -0.140. The predicted octanol–water partition coefficient (Wildman–Crippen LogP) is 11.4. The number of unbranched alkanes of at least 4 members (excludes halogenated alkanes) is 19. The summed E-state index contributed by atoms with van der Waals surface area (Å²) in [7, 11) is 8.64. The van der Waals surface area contributed by atoms with E-state index in [0.29, 0.717) is 12.0 Å². The van der Waals surface area contributed by atoms with E-state index in [1.54, 1.807) is 0 Å². The van der Waals surface area contributed by atoms with E-state index >= 15 is 0 Å². The Morgan fingerprint density at radius 2 is 0.750 bits per heavy atom. The Labute approximate surface area is 270 Å². The molecule has 1 N–H and O–H groups in total. The largest absolute Gasteiger partial charge is 0.478 e. The van der Waals surface area contributed by atoms with Crippen molar-refractivity contribution < 1.29 is 9.90 Å². The molecule has 0 aromatic carbocycles. The third-order valence-corrected chi connectivity index (χ3v) is 7.05. The monoisotopic (exact) mass is 682 g/mol. The molecule has 0 amide bonds. The van der Waals surface area contributed by atoms with Crippen molar-refractivity contribution in [3.8, 4) is 0 Å². The summed E-state index contributed by atoms with van der Waals surface area (Å²) in [5.41, 5.74) is 0.317. The molecule has 0 radical (unpaired) electrons. The van der Waals surface area contributed by atoms with Crippen LogP contribution in [0, 0.1) is 0 Å². The lowest BCUT2D eigenvalue weighted by Crippen LogP contribution is -2.12. The van der Waals surface area contributed by atoms with Crippen LogP contribution >= 0.6 is 24.0 Å². The molecule has 0 aliphatic rings. The summed E-state index contributed by atoms with van der Waals surface area (Å²) in [6.45, 7) is 12.5. The zero-order valence-corrected chi connectivity index (χ0v) is 30.9. The van der Waals surface area contributed by atoms with Gasteiger partial charge < -0.3 is 14.9 Å². The molecule has 0 saturated heterocycles. The molecule has 244 valence electrons. The van der Waals surface area contributed by atoms with Crippen molar-refractivity contribution in [3.05, 3.63) is 12.2 Å². The first-order valence-corrected chi connectivity index (χ1v) is 16.9. The van der Waals surface area contributed by atoms with Gasteiger partial charge in [0.1, 0.15) is 0 Å². The Morgan fingerprint density at radius 1 is 0.500 bits per heavy atom. The van der Waals surface area contributed by atoms with Gasteiger partial charge in [-0.05, 0) is 67.0 Å². The second-order valence-corrected chi connectivity index (χ2v) is 12.0. The molecule has 0 aromatic rings. The van der Waals surface area contributed by atoms with Crippen LogP contribution in [-0.2, 0) is 4.79 Å². The number of hydrogen-bond acceptors (Lipinski definition) is 3. The maximum Gasteiger partial charge on any atom is 0.330 e. The van der Waals surface area contributed by atoms with Gasteiger partial charge in [0.2, 0.25) is 0 Å². The average Bonchev–Trinajstić information content (AvgIpc) is 2.89. The van der Waals surface area contributed by atoms with Crippen LogP contribution in [0.15, 0.2) is 12.2 Å². The number of hydrogen-bond donors (Lipinski definition) is 1. The Balaban J connectivity index is -0.000000248. The van der Waals surface area contributed by atoms with Crippen molar-refractivity contribution in [2.24, 2.45) is 0 Å². The third-order valence-electron chi connectivity index (χ3n) is 7.05. The molecule has 4 nitrogen and oxygen atoms in total. The van der Waals surface area contributed by atoms with E-state index in [0.717, 1.165) is 12.8 Å². The number of rotatable bonds is 26. The summed E-state index contributed by atoms with van der Waals surface area (Å²) in [6.07, 6.45) is 31.3. The van der Waals surface area contributed by atoms with Crippen molar-refractivity contribution in [1.29, 1.82) is 0 Å². The molecule has 0 heterocycles. The maximum absolute atomic E-state index is 10.1. The van der Waals surface area contributed by atoms with Crippen LogP contribution in [0.5, 0.6) is 0 Å². The fraction of sp³-hybridized carbons (Fsp3) is 0.914. The topological polar surface area (TPSA) is 43.8 Å². The second-order valence-electron chi connectivity index (χ2n) is 12.0. The SMILES string of the molecule is C=C(CCCC)C(=O)O.CCCCCCCCCCCCN(C)C.CCCCCCCCCCCCN(C)C.I. The summed E-state index contributed by atoms with van der Waals surface area (Å²) < 4.78 is 0. The van der Waals surface area contributed by atoms with E-state index in [1.165, 1.54) is 142 Å². The van der Waals surface area contributed by atoms with Gasteiger partial charge in [-0.25, -0.2) is 4.79 Å². The van der Waals surface area contributed by atoms with Crippen molar-refractivity contribution >= 4 is 29.9 Å². The molecule has 0 atom stereocenters. The molecule has 0 saturated carbocycles. The van der Waals surface area contributed by atoms with E-state index in [2.05, 4.69) is 58.4 Å². The fourth-order valence-corrected chi connectivity index (χ4v) is 4.33. The molecule has 5 heteroatoms. The lowest BCUT2D eigenvalue weighted by molar-refractivity contribution is -0.132. The van der Waals surface area contributed by atoms with Gasteiger partial charge in [0.05, 0.1) is 0 Å².